The molecule has 0 aliphatic rings. The number of likely N-dealkylation sites (N-methyl/N-ethyl adjacent to an activating group) is 1. The van der Waals surface area contributed by atoms with Crippen LogP contribution < -0.4 is 0 Å². The van der Waals surface area contributed by atoms with Gasteiger partial charge in [-0.05, 0) is 31.9 Å². The lowest BCUT2D eigenvalue weighted by Crippen LogP contribution is -2.28. The van der Waals surface area contributed by atoms with E-state index in [0.717, 1.165) is 23.5 Å². The molecule has 0 aliphatic carbocycles. The van der Waals surface area contributed by atoms with Gasteiger partial charge in [0, 0.05) is 42.0 Å². The van der Waals surface area contributed by atoms with Crippen molar-refractivity contribution in [1.82, 2.24) is 14.7 Å². The lowest BCUT2D eigenvalue weighted by atomic mass is 10.1. The summed E-state index contributed by atoms with van der Waals surface area (Å²) >= 11 is 6.05. The zero-order chi connectivity index (χ0) is 18.7. The topological polar surface area (TPSA) is 38.1 Å². The minimum atomic E-state index is -0.399. The van der Waals surface area contributed by atoms with Crippen molar-refractivity contribution in [3.8, 4) is 0 Å². The molecule has 0 aliphatic heterocycles. The van der Waals surface area contributed by atoms with Gasteiger partial charge in [-0.2, -0.15) is 5.10 Å². The fraction of sp³-hybridized carbons (Fsp3) is 0.474. The summed E-state index contributed by atoms with van der Waals surface area (Å²) in [5, 5.41) is 4.87. The first kappa shape index (κ1) is 19.4. The van der Waals surface area contributed by atoms with E-state index in [1.165, 1.54) is 11.0 Å². The van der Waals surface area contributed by atoms with E-state index in [1.807, 2.05) is 18.5 Å². The van der Waals surface area contributed by atoms with Gasteiger partial charge in [0.05, 0.1) is 12.1 Å². The molecule has 0 N–H and O–H groups in total. The first-order valence-corrected chi connectivity index (χ1v) is 8.78. The Morgan fingerprint density at radius 2 is 2.00 bits per heavy atom. The zero-order valence-corrected chi connectivity index (χ0v) is 16.2. The number of nitrogens with zero attached hydrogens (tertiary/aromatic N) is 3. The van der Waals surface area contributed by atoms with E-state index in [4.69, 9.17) is 11.6 Å². The van der Waals surface area contributed by atoms with Crippen LogP contribution >= 0.6 is 11.6 Å². The molecule has 1 aromatic heterocycles. The standard InChI is InChI=1S/C19H25ClFN3O/c1-12(2)10-24-14(4)15(13(3)22-24)9-19(25)23(5)11-16-17(20)7-6-8-18(16)21/h6-8,12H,9-11H2,1-5H3. The monoisotopic (exact) mass is 365 g/mol. The molecule has 0 saturated heterocycles. The number of aromatic nitrogens is 2. The summed E-state index contributed by atoms with van der Waals surface area (Å²) in [5.41, 5.74) is 3.15. The van der Waals surface area contributed by atoms with Crippen molar-refractivity contribution < 1.29 is 9.18 Å². The number of halogens is 2. The van der Waals surface area contributed by atoms with Gasteiger partial charge >= 0.3 is 0 Å². The highest BCUT2D eigenvalue weighted by Crippen LogP contribution is 2.21. The highest BCUT2D eigenvalue weighted by atomic mass is 35.5. The molecule has 0 saturated carbocycles. The maximum Gasteiger partial charge on any atom is 0.227 e. The van der Waals surface area contributed by atoms with Gasteiger partial charge in [0.15, 0.2) is 0 Å². The quantitative estimate of drug-likeness (QED) is 0.771. The van der Waals surface area contributed by atoms with Gasteiger partial charge in [0.2, 0.25) is 5.91 Å². The van der Waals surface area contributed by atoms with Crippen LogP contribution in [-0.4, -0.2) is 27.6 Å². The third kappa shape index (κ3) is 4.60. The van der Waals surface area contributed by atoms with Crippen LogP contribution in [-0.2, 0) is 24.3 Å². The first-order chi connectivity index (χ1) is 11.7. The van der Waals surface area contributed by atoms with Crippen molar-refractivity contribution in [2.75, 3.05) is 7.05 Å². The molecular formula is C19H25ClFN3O. The summed E-state index contributed by atoms with van der Waals surface area (Å²) in [5.74, 6) is -0.00805. The molecule has 0 radical (unpaired) electrons. The molecule has 0 bridgehead atoms. The van der Waals surface area contributed by atoms with E-state index in [1.54, 1.807) is 19.2 Å². The Balaban J connectivity index is 2.13. The van der Waals surface area contributed by atoms with E-state index in [-0.39, 0.29) is 18.9 Å². The number of carbonyl (C=O) groups excluding carboxylic acids is 1. The molecule has 1 heterocycles. The van der Waals surface area contributed by atoms with E-state index < -0.39 is 5.82 Å². The molecule has 0 unspecified atom stereocenters. The van der Waals surface area contributed by atoms with Gasteiger partial charge in [0.25, 0.3) is 0 Å². The summed E-state index contributed by atoms with van der Waals surface area (Å²) in [4.78, 5) is 14.1. The lowest BCUT2D eigenvalue weighted by Gasteiger charge is -2.18. The van der Waals surface area contributed by atoms with Crippen LogP contribution in [0.15, 0.2) is 18.2 Å². The Hall–Kier alpha value is -1.88. The predicted molar refractivity (Wildman–Crippen MR) is 98.1 cm³/mol. The number of aryl methyl sites for hydroxylation is 1. The van der Waals surface area contributed by atoms with Crippen molar-refractivity contribution in [3.05, 3.63) is 51.6 Å². The second kappa shape index (κ2) is 8.00. The van der Waals surface area contributed by atoms with Gasteiger partial charge in [0.1, 0.15) is 5.82 Å². The van der Waals surface area contributed by atoms with E-state index in [2.05, 4.69) is 18.9 Å². The van der Waals surface area contributed by atoms with E-state index >= 15 is 0 Å². The van der Waals surface area contributed by atoms with E-state index in [0.29, 0.717) is 16.5 Å². The highest BCUT2D eigenvalue weighted by molar-refractivity contribution is 6.31. The highest BCUT2D eigenvalue weighted by Gasteiger charge is 2.19. The molecular weight excluding hydrogens is 341 g/mol. The fourth-order valence-electron chi connectivity index (χ4n) is 2.81. The minimum absolute atomic E-state index is 0.0883. The molecule has 136 valence electrons. The average molecular weight is 366 g/mol. The van der Waals surface area contributed by atoms with Crippen LogP contribution in [0.2, 0.25) is 5.02 Å². The van der Waals surface area contributed by atoms with Crippen LogP contribution in [0.5, 0.6) is 0 Å². The summed E-state index contributed by atoms with van der Waals surface area (Å²) in [7, 11) is 1.66. The van der Waals surface area contributed by atoms with Crippen LogP contribution in [0.4, 0.5) is 4.39 Å². The number of carbonyl (C=O) groups is 1. The number of hydrogen-bond donors (Lipinski definition) is 0. The van der Waals surface area contributed by atoms with Gasteiger partial charge in [-0.15, -0.1) is 0 Å². The molecule has 25 heavy (non-hydrogen) atoms. The smallest absolute Gasteiger partial charge is 0.227 e. The Bertz CT molecular complexity index is 750. The number of hydrogen-bond acceptors (Lipinski definition) is 2. The van der Waals surface area contributed by atoms with Crippen molar-refractivity contribution >= 4 is 17.5 Å². The second-order valence-corrected chi connectivity index (χ2v) is 7.26. The molecule has 1 amide bonds. The maximum atomic E-state index is 13.9. The summed E-state index contributed by atoms with van der Waals surface area (Å²) in [6, 6.07) is 4.53. The molecule has 6 heteroatoms. The molecule has 2 rings (SSSR count). The van der Waals surface area contributed by atoms with Crippen molar-refractivity contribution in [3.63, 3.8) is 0 Å². The SMILES string of the molecule is Cc1nn(CC(C)C)c(C)c1CC(=O)N(C)Cc1c(F)cccc1Cl. The Kier molecular flexibility index (Phi) is 6.22. The minimum Gasteiger partial charge on any atom is -0.341 e. The first-order valence-electron chi connectivity index (χ1n) is 8.40. The third-order valence-electron chi connectivity index (χ3n) is 4.28. The maximum absolute atomic E-state index is 13.9. The predicted octanol–water partition coefficient (Wildman–Crippen LogP) is 4.15. The lowest BCUT2D eigenvalue weighted by molar-refractivity contribution is -0.129. The molecule has 0 spiro atoms. The van der Waals surface area contributed by atoms with Gasteiger partial charge in [-0.25, -0.2) is 4.39 Å². The second-order valence-electron chi connectivity index (χ2n) is 6.85. The van der Waals surface area contributed by atoms with Crippen molar-refractivity contribution in [2.24, 2.45) is 5.92 Å². The average Bonchev–Trinajstić information content (AvgIpc) is 2.77. The third-order valence-corrected chi connectivity index (χ3v) is 4.63. The number of amides is 1. The molecule has 1 aromatic carbocycles. The van der Waals surface area contributed by atoms with Crippen LogP contribution in [0.1, 0.15) is 36.4 Å². The summed E-state index contributed by atoms with van der Waals surface area (Å²) < 4.78 is 15.9. The number of benzene rings is 1. The van der Waals surface area contributed by atoms with Crippen molar-refractivity contribution in [1.29, 1.82) is 0 Å². The van der Waals surface area contributed by atoms with Gasteiger partial charge < -0.3 is 4.90 Å². The Morgan fingerprint density at radius 3 is 2.60 bits per heavy atom. The van der Waals surface area contributed by atoms with E-state index in [9.17, 15) is 9.18 Å². The normalized spacial score (nSPS) is 11.2. The molecule has 4 nitrogen and oxygen atoms in total. The van der Waals surface area contributed by atoms with Crippen LogP contribution in [0, 0.1) is 25.6 Å². The molecule has 0 atom stereocenters. The largest absolute Gasteiger partial charge is 0.341 e. The summed E-state index contributed by atoms with van der Waals surface area (Å²) in [6.45, 7) is 9.13. The van der Waals surface area contributed by atoms with Gasteiger partial charge in [-0.1, -0.05) is 31.5 Å². The summed E-state index contributed by atoms with van der Waals surface area (Å²) in [6.07, 6.45) is 0.248. The number of rotatable bonds is 6. The fourth-order valence-corrected chi connectivity index (χ4v) is 3.03. The van der Waals surface area contributed by atoms with Crippen molar-refractivity contribution in [2.45, 2.75) is 47.2 Å². The molecule has 0 fully saturated rings. The van der Waals surface area contributed by atoms with Crippen LogP contribution in [0.3, 0.4) is 0 Å². The Morgan fingerprint density at radius 1 is 1.32 bits per heavy atom. The van der Waals surface area contributed by atoms with Crippen LogP contribution in [0.25, 0.3) is 0 Å². The zero-order valence-electron chi connectivity index (χ0n) is 15.4. The van der Waals surface area contributed by atoms with Gasteiger partial charge in [-0.3, -0.25) is 9.48 Å². The molecule has 2 aromatic rings. The Labute approximate surface area is 153 Å².